The van der Waals surface area contributed by atoms with Gasteiger partial charge >= 0.3 is 0 Å². The molecule has 198 valence electrons. The predicted molar refractivity (Wildman–Crippen MR) is 153 cm³/mol. The predicted octanol–water partition coefficient (Wildman–Crippen LogP) is 5.74. The first-order valence-electron chi connectivity index (χ1n) is 13.1. The van der Waals surface area contributed by atoms with E-state index in [-0.39, 0.29) is 41.2 Å². The number of halogens is 1. The first-order valence-corrected chi connectivity index (χ1v) is 14.2. The van der Waals surface area contributed by atoms with E-state index in [0.717, 1.165) is 52.0 Å². The Morgan fingerprint density at radius 1 is 1.05 bits per heavy atom. The van der Waals surface area contributed by atoms with Gasteiger partial charge in [0.2, 0.25) is 11.8 Å². The molecule has 39 heavy (non-hydrogen) atoms. The summed E-state index contributed by atoms with van der Waals surface area (Å²) in [6, 6.07) is 22.6. The number of nitrogens with one attached hydrogen (secondary N) is 1. The second kappa shape index (κ2) is 10.3. The number of amides is 2. The van der Waals surface area contributed by atoms with Crippen LogP contribution in [0, 0.1) is 19.7 Å². The van der Waals surface area contributed by atoms with Gasteiger partial charge in [-0.25, -0.2) is 9.07 Å². The summed E-state index contributed by atoms with van der Waals surface area (Å²) in [6.45, 7) is 3.96. The third-order valence-corrected chi connectivity index (χ3v) is 8.39. The SMILES string of the molecule is Cc1ccc(-n2nc(-c3ccccc3)c3c2N(CC(=O)NC2CC2)C(=O)CS[C@@H]3c2ccc(F)cc2)c(C)c1. The smallest absolute Gasteiger partial charge is 0.240 e. The molecule has 0 saturated heterocycles. The molecule has 1 aromatic heterocycles. The molecule has 6 nitrogen and oxygen atoms in total. The van der Waals surface area contributed by atoms with Gasteiger partial charge in [-0.2, -0.15) is 5.10 Å². The number of hydrogen-bond donors (Lipinski definition) is 1. The Morgan fingerprint density at radius 3 is 2.49 bits per heavy atom. The van der Waals surface area contributed by atoms with Crippen LogP contribution in [0.5, 0.6) is 0 Å². The van der Waals surface area contributed by atoms with Crippen LogP contribution in [0.25, 0.3) is 16.9 Å². The Kier molecular flexibility index (Phi) is 6.73. The molecule has 2 amide bonds. The highest BCUT2D eigenvalue weighted by molar-refractivity contribution is 8.00. The lowest BCUT2D eigenvalue weighted by Gasteiger charge is -2.24. The van der Waals surface area contributed by atoms with Crippen molar-refractivity contribution in [3.63, 3.8) is 0 Å². The van der Waals surface area contributed by atoms with Gasteiger partial charge in [0.25, 0.3) is 0 Å². The third kappa shape index (κ3) is 5.08. The molecule has 6 rings (SSSR count). The summed E-state index contributed by atoms with van der Waals surface area (Å²) >= 11 is 1.48. The maximum atomic E-state index is 13.9. The summed E-state index contributed by atoms with van der Waals surface area (Å²) < 4.78 is 15.7. The van der Waals surface area contributed by atoms with Gasteiger partial charge in [0, 0.05) is 17.2 Å². The van der Waals surface area contributed by atoms with Gasteiger partial charge in [-0.15, -0.1) is 11.8 Å². The molecule has 1 atom stereocenters. The van der Waals surface area contributed by atoms with Crippen molar-refractivity contribution in [2.75, 3.05) is 17.2 Å². The minimum atomic E-state index is -0.318. The fourth-order valence-electron chi connectivity index (χ4n) is 5.08. The van der Waals surface area contributed by atoms with Crippen molar-refractivity contribution >= 4 is 29.4 Å². The summed E-state index contributed by atoms with van der Waals surface area (Å²) in [7, 11) is 0. The summed E-state index contributed by atoms with van der Waals surface area (Å²) in [5, 5.41) is 7.86. The number of fused-ring (bicyclic) bond motifs is 1. The van der Waals surface area contributed by atoms with Crippen molar-refractivity contribution in [3.8, 4) is 16.9 Å². The molecule has 2 heterocycles. The van der Waals surface area contributed by atoms with Gasteiger partial charge in [-0.05, 0) is 56.0 Å². The van der Waals surface area contributed by atoms with Crippen LogP contribution in [0.15, 0.2) is 72.8 Å². The van der Waals surface area contributed by atoms with E-state index in [9.17, 15) is 14.0 Å². The van der Waals surface area contributed by atoms with Crippen LogP contribution in [-0.2, 0) is 9.59 Å². The first kappa shape index (κ1) is 25.4. The van der Waals surface area contributed by atoms with Gasteiger partial charge in [0.1, 0.15) is 18.2 Å². The van der Waals surface area contributed by atoms with Crippen molar-refractivity contribution in [2.45, 2.75) is 38.0 Å². The van der Waals surface area contributed by atoms with Crippen LogP contribution >= 0.6 is 11.8 Å². The second-order valence-electron chi connectivity index (χ2n) is 10.2. The van der Waals surface area contributed by atoms with E-state index >= 15 is 0 Å². The number of carbonyl (C=O) groups excluding carboxylic acids is 2. The van der Waals surface area contributed by atoms with Gasteiger partial charge in [0.15, 0.2) is 0 Å². The third-order valence-electron chi connectivity index (χ3n) is 7.13. The molecule has 0 unspecified atom stereocenters. The Bertz CT molecular complexity index is 1550. The average Bonchev–Trinajstić information content (AvgIpc) is 3.68. The van der Waals surface area contributed by atoms with E-state index in [2.05, 4.69) is 11.4 Å². The quantitative estimate of drug-likeness (QED) is 0.339. The van der Waals surface area contributed by atoms with Gasteiger partial charge in [-0.1, -0.05) is 60.2 Å². The minimum Gasteiger partial charge on any atom is -0.352 e. The fourth-order valence-corrected chi connectivity index (χ4v) is 6.28. The molecule has 0 radical (unpaired) electrons. The maximum Gasteiger partial charge on any atom is 0.240 e. The zero-order valence-corrected chi connectivity index (χ0v) is 22.7. The molecular weight excluding hydrogens is 511 g/mol. The van der Waals surface area contributed by atoms with Gasteiger partial charge in [-0.3, -0.25) is 14.5 Å². The number of anilines is 1. The number of carbonyl (C=O) groups is 2. The van der Waals surface area contributed by atoms with Gasteiger partial charge < -0.3 is 5.32 Å². The first-order chi connectivity index (χ1) is 18.9. The lowest BCUT2D eigenvalue weighted by Crippen LogP contribution is -2.43. The number of aromatic nitrogens is 2. The van der Waals surface area contributed by atoms with E-state index in [1.807, 2.05) is 61.0 Å². The van der Waals surface area contributed by atoms with E-state index in [0.29, 0.717) is 5.82 Å². The Labute approximate surface area is 231 Å². The molecule has 2 aliphatic rings. The number of hydrogen-bond acceptors (Lipinski definition) is 4. The standard InChI is InChI=1S/C31H29FN4O2S/c1-19-8-15-25(20(2)16-19)36-31-28(29(34-36)21-6-4-3-5-7-21)30(22-9-11-23(32)12-10-22)39-18-27(38)35(31)17-26(37)33-24-13-14-24/h3-12,15-16,24,30H,13-14,17-18H2,1-2H3,(H,33,37)/t30-/m1/s1. The van der Waals surface area contributed by atoms with E-state index < -0.39 is 0 Å². The molecule has 1 aliphatic heterocycles. The maximum absolute atomic E-state index is 13.9. The van der Waals surface area contributed by atoms with E-state index in [4.69, 9.17) is 5.10 Å². The van der Waals surface area contributed by atoms with Crippen LogP contribution in [0.1, 0.15) is 40.3 Å². The van der Waals surface area contributed by atoms with Crippen LogP contribution in [0.4, 0.5) is 10.2 Å². The summed E-state index contributed by atoms with van der Waals surface area (Å²) in [4.78, 5) is 28.4. The molecule has 3 aromatic carbocycles. The lowest BCUT2D eigenvalue weighted by atomic mass is 9.99. The normalized spacial score (nSPS) is 17.1. The molecule has 1 aliphatic carbocycles. The highest BCUT2D eigenvalue weighted by Crippen LogP contribution is 2.48. The molecular formula is C31H29FN4O2S. The van der Waals surface area contributed by atoms with Crippen molar-refractivity contribution in [2.24, 2.45) is 0 Å². The largest absolute Gasteiger partial charge is 0.352 e. The van der Waals surface area contributed by atoms with Gasteiger partial charge in [0.05, 0.1) is 22.4 Å². The number of rotatable bonds is 6. The van der Waals surface area contributed by atoms with Crippen LogP contribution in [0.3, 0.4) is 0 Å². The van der Waals surface area contributed by atoms with Crippen LogP contribution in [0.2, 0.25) is 0 Å². The Morgan fingerprint density at radius 2 is 1.79 bits per heavy atom. The molecule has 1 N–H and O–H groups in total. The summed E-state index contributed by atoms with van der Waals surface area (Å²) in [5.74, 6) is 0.0885. The Balaban J connectivity index is 1.62. The van der Waals surface area contributed by atoms with E-state index in [1.165, 1.54) is 23.9 Å². The molecule has 1 fully saturated rings. The summed E-state index contributed by atoms with van der Waals surface area (Å²) in [5.41, 5.74) is 6.31. The zero-order valence-electron chi connectivity index (χ0n) is 21.9. The minimum absolute atomic E-state index is 0.0934. The number of thioether (sulfide) groups is 1. The molecule has 0 bridgehead atoms. The monoisotopic (exact) mass is 540 g/mol. The molecule has 0 spiro atoms. The zero-order chi connectivity index (χ0) is 27.1. The number of benzene rings is 3. The second-order valence-corrected chi connectivity index (χ2v) is 11.3. The highest BCUT2D eigenvalue weighted by Gasteiger charge is 2.38. The van der Waals surface area contributed by atoms with Crippen molar-refractivity contribution in [3.05, 3.63) is 101 Å². The highest BCUT2D eigenvalue weighted by atomic mass is 32.2. The lowest BCUT2D eigenvalue weighted by molar-refractivity contribution is -0.123. The molecule has 8 heteroatoms. The van der Waals surface area contributed by atoms with Crippen molar-refractivity contribution in [1.82, 2.24) is 15.1 Å². The Hall–Kier alpha value is -3.91. The number of aryl methyl sites for hydroxylation is 2. The van der Waals surface area contributed by atoms with Crippen molar-refractivity contribution in [1.29, 1.82) is 0 Å². The average molecular weight is 541 g/mol. The topological polar surface area (TPSA) is 67.2 Å². The van der Waals surface area contributed by atoms with Crippen LogP contribution in [-0.4, -0.2) is 39.9 Å². The van der Waals surface area contributed by atoms with Crippen molar-refractivity contribution < 1.29 is 14.0 Å². The van der Waals surface area contributed by atoms with Crippen LogP contribution < -0.4 is 10.2 Å². The molecule has 4 aromatic rings. The molecule has 1 saturated carbocycles. The summed E-state index contributed by atoms with van der Waals surface area (Å²) in [6.07, 6.45) is 1.93. The van der Waals surface area contributed by atoms with E-state index in [1.54, 1.807) is 17.0 Å². The number of nitrogens with zero attached hydrogens (tertiary/aromatic N) is 3. The fraction of sp³-hybridized carbons (Fsp3) is 0.258.